The fourth-order valence-corrected chi connectivity index (χ4v) is 3.25. The van der Waals surface area contributed by atoms with Gasteiger partial charge in [-0.2, -0.15) is 0 Å². The summed E-state index contributed by atoms with van der Waals surface area (Å²) in [5.41, 5.74) is -1.52. The highest BCUT2D eigenvalue weighted by Crippen LogP contribution is 2.43. The van der Waals surface area contributed by atoms with E-state index in [1.807, 2.05) is 0 Å². The molecular weight excluding hydrogens is 404 g/mol. The smallest absolute Gasteiger partial charge is 0.410 e. The van der Waals surface area contributed by atoms with Gasteiger partial charge < -0.3 is 33.9 Å². The second kappa shape index (κ2) is 8.72. The maximum absolute atomic E-state index is 12.6. The molecule has 0 atom stereocenters. The summed E-state index contributed by atoms with van der Waals surface area (Å²) in [5, 5.41) is 2.93. The summed E-state index contributed by atoms with van der Waals surface area (Å²) >= 11 is 0. The van der Waals surface area contributed by atoms with E-state index in [4.69, 9.17) is 23.7 Å². The molecule has 1 aliphatic heterocycles. The van der Waals surface area contributed by atoms with Crippen molar-refractivity contribution in [2.24, 2.45) is 0 Å². The summed E-state index contributed by atoms with van der Waals surface area (Å²) in [4.78, 5) is 26.7. The molecule has 9 nitrogen and oxygen atoms in total. The standard InChI is InChI=1S/C22H34N2O7/c1-20(2,3)30-18(25)23-22(12-24(13-22)19(26)31-21(4,5)6)14-10-15(27-7)17(29-9)16(11-14)28-8/h10-11H,12-13H2,1-9H3,(H,23,25). The van der Waals surface area contributed by atoms with Crippen molar-refractivity contribution in [1.29, 1.82) is 0 Å². The summed E-state index contributed by atoms with van der Waals surface area (Å²) in [6.07, 6.45) is -1.05. The maximum atomic E-state index is 12.6. The van der Waals surface area contributed by atoms with E-state index in [2.05, 4.69) is 5.32 Å². The van der Waals surface area contributed by atoms with Crippen LogP contribution in [-0.2, 0) is 15.0 Å². The average molecular weight is 439 g/mol. The van der Waals surface area contributed by atoms with Crippen molar-refractivity contribution >= 4 is 12.2 Å². The summed E-state index contributed by atoms with van der Waals surface area (Å²) in [6, 6.07) is 3.51. The highest BCUT2D eigenvalue weighted by atomic mass is 16.6. The van der Waals surface area contributed by atoms with Crippen LogP contribution in [0.4, 0.5) is 9.59 Å². The molecule has 2 rings (SSSR count). The zero-order chi connectivity index (χ0) is 23.6. The molecule has 0 bridgehead atoms. The lowest BCUT2D eigenvalue weighted by Crippen LogP contribution is -2.69. The van der Waals surface area contributed by atoms with Crippen molar-refractivity contribution in [3.8, 4) is 17.2 Å². The largest absolute Gasteiger partial charge is 0.493 e. The summed E-state index contributed by atoms with van der Waals surface area (Å²) in [7, 11) is 4.55. The minimum Gasteiger partial charge on any atom is -0.493 e. The molecule has 1 saturated heterocycles. The van der Waals surface area contributed by atoms with E-state index in [0.717, 1.165) is 0 Å². The molecule has 0 spiro atoms. The Bertz CT molecular complexity index is 793. The average Bonchev–Trinajstić information content (AvgIpc) is 2.59. The van der Waals surface area contributed by atoms with Crippen molar-refractivity contribution in [1.82, 2.24) is 10.2 Å². The van der Waals surface area contributed by atoms with Crippen molar-refractivity contribution in [3.63, 3.8) is 0 Å². The lowest BCUT2D eigenvalue weighted by atomic mass is 9.82. The molecule has 0 unspecified atom stereocenters. The lowest BCUT2D eigenvalue weighted by Gasteiger charge is -2.50. The molecule has 31 heavy (non-hydrogen) atoms. The van der Waals surface area contributed by atoms with Crippen LogP contribution in [0.25, 0.3) is 0 Å². The second-order valence-corrected chi connectivity index (χ2v) is 9.46. The number of amides is 2. The third-order valence-electron chi connectivity index (χ3n) is 4.53. The number of methoxy groups -OCH3 is 3. The number of likely N-dealkylation sites (tertiary alicyclic amines) is 1. The normalized spacial score (nSPS) is 15.5. The number of ether oxygens (including phenoxy) is 5. The van der Waals surface area contributed by atoms with Gasteiger partial charge in [0.1, 0.15) is 16.7 Å². The Morgan fingerprint density at radius 1 is 0.871 bits per heavy atom. The fourth-order valence-electron chi connectivity index (χ4n) is 3.25. The van der Waals surface area contributed by atoms with Gasteiger partial charge in [-0.3, -0.25) is 0 Å². The molecule has 1 N–H and O–H groups in total. The number of nitrogens with one attached hydrogen (secondary N) is 1. The Labute approximate surface area is 183 Å². The molecule has 0 saturated carbocycles. The van der Waals surface area contributed by atoms with Gasteiger partial charge in [-0.05, 0) is 59.2 Å². The monoisotopic (exact) mass is 438 g/mol. The zero-order valence-corrected chi connectivity index (χ0v) is 19.9. The molecule has 174 valence electrons. The fraction of sp³-hybridized carbons (Fsp3) is 0.636. The highest BCUT2D eigenvalue weighted by molar-refractivity contribution is 5.74. The van der Waals surface area contributed by atoms with Crippen LogP contribution >= 0.6 is 0 Å². The molecular formula is C22H34N2O7. The number of hydrogen-bond donors (Lipinski definition) is 1. The van der Waals surface area contributed by atoms with Crippen LogP contribution in [0.5, 0.6) is 17.2 Å². The summed E-state index contributed by atoms with van der Waals surface area (Å²) in [6.45, 7) is 11.1. The molecule has 1 aliphatic rings. The first kappa shape index (κ1) is 24.4. The predicted molar refractivity (Wildman–Crippen MR) is 115 cm³/mol. The van der Waals surface area contributed by atoms with Crippen molar-refractivity contribution in [2.75, 3.05) is 34.4 Å². The van der Waals surface area contributed by atoms with Crippen LogP contribution in [0, 0.1) is 0 Å². The maximum Gasteiger partial charge on any atom is 0.410 e. The van der Waals surface area contributed by atoms with E-state index in [1.165, 1.54) is 26.2 Å². The second-order valence-electron chi connectivity index (χ2n) is 9.46. The quantitative estimate of drug-likeness (QED) is 0.749. The topological polar surface area (TPSA) is 95.6 Å². The first-order valence-electron chi connectivity index (χ1n) is 10.0. The molecule has 0 radical (unpaired) electrons. The molecule has 1 aromatic rings. The van der Waals surface area contributed by atoms with Gasteiger partial charge in [-0.15, -0.1) is 0 Å². The third-order valence-corrected chi connectivity index (χ3v) is 4.53. The van der Waals surface area contributed by atoms with E-state index >= 15 is 0 Å². The van der Waals surface area contributed by atoms with Crippen LogP contribution in [0.3, 0.4) is 0 Å². The van der Waals surface area contributed by atoms with Gasteiger partial charge >= 0.3 is 12.2 Å². The Morgan fingerprint density at radius 3 is 1.74 bits per heavy atom. The number of rotatable bonds is 5. The zero-order valence-electron chi connectivity index (χ0n) is 19.9. The first-order valence-corrected chi connectivity index (χ1v) is 10.0. The van der Waals surface area contributed by atoms with Crippen molar-refractivity contribution < 1.29 is 33.3 Å². The van der Waals surface area contributed by atoms with Crippen LogP contribution in [0.2, 0.25) is 0 Å². The van der Waals surface area contributed by atoms with E-state index in [1.54, 1.807) is 53.7 Å². The van der Waals surface area contributed by atoms with Gasteiger partial charge in [-0.25, -0.2) is 9.59 Å². The lowest BCUT2D eigenvalue weighted by molar-refractivity contribution is -0.0230. The van der Waals surface area contributed by atoms with Crippen LogP contribution < -0.4 is 19.5 Å². The Hall–Kier alpha value is -2.84. The molecule has 1 heterocycles. The Morgan fingerprint density at radius 2 is 1.35 bits per heavy atom. The third kappa shape index (κ3) is 5.86. The van der Waals surface area contributed by atoms with E-state index < -0.39 is 28.9 Å². The molecule has 2 amide bonds. The summed E-state index contributed by atoms with van der Waals surface area (Å²) in [5.74, 6) is 1.32. The van der Waals surface area contributed by atoms with Crippen LogP contribution in [0.15, 0.2) is 12.1 Å². The number of alkyl carbamates (subject to hydrolysis) is 1. The van der Waals surface area contributed by atoms with Gasteiger partial charge in [0.2, 0.25) is 5.75 Å². The van der Waals surface area contributed by atoms with E-state index in [0.29, 0.717) is 22.8 Å². The van der Waals surface area contributed by atoms with Crippen LogP contribution in [-0.4, -0.2) is 62.7 Å². The molecule has 1 aromatic carbocycles. The van der Waals surface area contributed by atoms with Gasteiger partial charge in [0.25, 0.3) is 0 Å². The van der Waals surface area contributed by atoms with Crippen molar-refractivity contribution in [2.45, 2.75) is 58.3 Å². The van der Waals surface area contributed by atoms with E-state index in [-0.39, 0.29) is 13.1 Å². The van der Waals surface area contributed by atoms with Gasteiger partial charge in [0.05, 0.1) is 34.4 Å². The molecule has 9 heteroatoms. The van der Waals surface area contributed by atoms with E-state index in [9.17, 15) is 9.59 Å². The predicted octanol–water partition coefficient (Wildman–Crippen LogP) is 3.68. The van der Waals surface area contributed by atoms with Gasteiger partial charge in [-0.1, -0.05) is 0 Å². The minimum atomic E-state index is -0.911. The minimum absolute atomic E-state index is 0.194. The highest BCUT2D eigenvalue weighted by Gasteiger charge is 2.50. The SMILES string of the molecule is COc1cc(C2(NC(=O)OC(C)(C)C)CN(C(=O)OC(C)(C)C)C2)cc(OC)c1OC. The molecule has 1 fully saturated rings. The van der Waals surface area contributed by atoms with Gasteiger partial charge in [0, 0.05) is 0 Å². The number of nitrogens with zero attached hydrogens (tertiary/aromatic N) is 1. The Kier molecular flexibility index (Phi) is 6.87. The van der Waals surface area contributed by atoms with Gasteiger partial charge in [0.15, 0.2) is 11.5 Å². The first-order chi connectivity index (χ1) is 14.2. The number of benzene rings is 1. The molecule has 0 aliphatic carbocycles. The Balaban J connectivity index is 2.40. The van der Waals surface area contributed by atoms with Crippen LogP contribution in [0.1, 0.15) is 47.1 Å². The molecule has 0 aromatic heterocycles. The number of carbonyl (C=O) groups is 2. The number of carbonyl (C=O) groups excluding carboxylic acids is 2. The van der Waals surface area contributed by atoms with Crippen molar-refractivity contribution in [3.05, 3.63) is 17.7 Å². The summed E-state index contributed by atoms with van der Waals surface area (Å²) < 4.78 is 27.2. The number of hydrogen-bond acceptors (Lipinski definition) is 7.